The molecule has 3 aromatic carbocycles. The van der Waals surface area contributed by atoms with Crippen LogP contribution < -0.4 is 11.5 Å². The van der Waals surface area contributed by atoms with E-state index in [1.165, 1.54) is 6.07 Å². The molecule has 8 heteroatoms. The van der Waals surface area contributed by atoms with E-state index in [4.69, 9.17) is 11.5 Å². The number of rotatable bonds is 3. The largest absolute Gasteiger partial charge is 0.399 e. The van der Waals surface area contributed by atoms with Crippen LogP contribution in [0.15, 0.2) is 48.5 Å². The molecule has 168 valence electrons. The molecule has 1 fully saturated rings. The molecule has 0 aliphatic carbocycles. The molecule has 0 spiro atoms. The van der Waals surface area contributed by atoms with E-state index in [1.807, 2.05) is 18.0 Å². The number of halogens is 1. The number of piperazine rings is 1. The quantitative estimate of drug-likeness (QED) is 0.421. The normalized spacial score (nSPS) is 14.8. The third-order valence-electron chi connectivity index (χ3n) is 6.34. The number of benzene rings is 3. The van der Waals surface area contributed by atoms with Gasteiger partial charge >= 0.3 is 0 Å². The molecule has 2 heterocycles. The van der Waals surface area contributed by atoms with E-state index in [0.717, 1.165) is 18.5 Å². The SMILES string of the molecule is CN1CCN(C(=O)c2ccc3c(c2)[nH]c2c(C(N)=O)ccc(-c4ccc(N)cc4F)c23)CC1. The number of H-pyrrole nitrogens is 1. The van der Waals surface area contributed by atoms with Gasteiger partial charge in [0.25, 0.3) is 11.8 Å². The van der Waals surface area contributed by atoms with Crippen LogP contribution in [-0.4, -0.2) is 59.8 Å². The van der Waals surface area contributed by atoms with Crippen LogP contribution in [0.5, 0.6) is 0 Å². The maximum Gasteiger partial charge on any atom is 0.254 e. The second kappa shape index (κ2) is 7.90. The maximum atomic E-state index is 14.8. The first-order valence-corrected chi connectivity index (χ1v) is 10.7. The Morgan fingerprint density at radius 1 is 0.970 bits per heavy atom. The monoisotopic (exact) mass is 445 g/mol. The standard InChI is InChI=1S/C25H24FN5O2/c1-30-8-10-31(11-9-30)25(33)14-2-4-18-21(12-14)29-23-19(24(28)32)7-6-17(22(18)23)16-5-3-15(27)13-20(16)26/h2-7,12-13,29H,8-11,27H2,1H3,(H2,28,32). The van der Waals surface area contributed by atoms with Crippen molar-refractivity contribution in [2.24, 2.45) is 5.73 Å². The molecule has 0 radical (unpaired) electrons. The summed E-state index contributed by atoms with van der Waals surface area (Å²) < 4.78 is 14.8. The van der Waals surface area contributed by atoms with Crippen molar-refractivity contribution in [1.82, 2.24) is 14.8 Å². The zero-order valence-electron chi connectivity index (χ0n) is 18.2. The van der Waals surface area contributed by atoms with Crippen molar-refractivity contribution < 1.29 is 14.0 Å². The molecule has 33 heavy (non-hydrogen) atoms. The van der Waals surface area contributed by atoms with Crippen molar-refractivity contribution in [3.63, 3.8) is 0 Å². The molecule has 4 aromatic rings. The average Bonchev–Trinajstić information content (AvgIpc) is 3.17. The number of nitrogens with zero attached hydrogens (tertiary/aromatic N) is 2. The van der Waals surface area contributed by atoms with Crippen molar-refractivity contribution in [3.05, 3.63) is 65.5 Å². The Kier molecular flexibility index (Phi) is 5.02. The van der Waals surface area contributed by atoms with Gasteiger partial charge in [-0.15, -0.1) is 0 Å². The first-order chi connectivity index (χ1) is 15.8. The Bertz CT molecular complexity index is 1420. The summed E-state index contributed by atoms with van der Waals surface area (Å²) in [6.07, 6.45) is 0. The van der Waals surface area contributed by atoms with Gasteiger partial charge in [0.1, 0.15) is 5.82 Å². The second-order valence-electron chi connectivity index (χ2n) is 8.50. The maximum absolute atomic E-state index is 14.8. The fourth-order valence-electron chi connectivity index (χ4n) is 4.52. The zero-order chi connectivity index (χ0) is 23.3. The minimum atomic E-state index is -0.593. The lowest BCUT2D eigenvalue weighted by molar-refractivity contribution is 0.0664. The van der Waals surface area contributed by atoms with Gasteiger partial charge in [0.2, 0.25) is 0 Å². The van der Waals surface area contributed by atoms with E-state index in [0.29, 0.717) is 57.5 Å². The molecule has 0 unspecified atom stereocenters. The summed E-state index contributed by atoms with van der Waals surface area (Å²) in [5.41, 5.74) is 14.7. The Hall–Kier alpha value is -3.91. The van der Waals surface area contributed by atoms with Gasteiger partial charge in [-0.25, -0.2) is 4.39 Å². The Labute approximate surface area is 189 Å². The average molecular weight is 445 g/mol. The van der Waals surface area contributed by atoms with Gasteiger partial charge < -0.3 is 26.3 Å². The minimum absolute atomic E-state index is 0.0383. The number of carbonyl (C=O) groups is 2. The van der Waals surface area contributed by atoms with E-state index in [9.17, 15) is 14.0 Å². The summed E-state index contributed by atoms with van der Waals surface area (Å²) in [4.78, 5) is 32.4. The van der Waals surface area contributed by atoms with Crippen molar-refractivity contribution >= 4 is 39.3 Å². The summed E-state index contributed by atoms with van der Waals surface area (Å²) in [7, 11) is 2.04. The first-order valence-electron chi connectivity index (χ1n) is 10.7. The topological polar surface area (TPSA) is 108 Å². The van der Waals surface area contributed by atoms with Crippen LogP contribution in [0.25, 0.3) is 32.9 Å². The molecule has 0 bridgehead atoms. The van der Waals surface area contributed by atoms with Crippen molar-refractivity contribution in [3.8, 4) is 11.1 Å². The molecule has 5 N–H and O–H groups in total. The number of hydrogen-bond acceptors (Lipinski definition) is 4. The number of aromatic amines is 1. The molecular weight excluding hydrogens is 421 g/mol. The predicted octanol–water partition coefficient (Wildman–Crippen LogP) is 3.20. The van der Waals surface area contributed by atoms with Crippen molar-refractivity contribution in [1.29, 1.82) is 0 Å². The third-order valence-corrected chi connectivity index (χ3v) is 6.34. The molecule has 1 aliphatic rings. The zero-order valence-corrected chi connectivity index (χ0v) is 18.2. The van der Waals surface area contributed by atoms with Gasteiger partial charge in [0.05, 0.1) is 11.1 Å². The highest BCUT2D eigenvalue weighted by Gasteiger charge is 2.22. The van der Waals surface area contributed by atoms with Crippen molar-refractivity contribution in [2.75, 3.05) is 39.0 Å². The van der Waals surface area contributed by atoms with Gasteiger partial charge in [-0.3, -0.25) is 9.59 Å². The number of fused-ring (bicyclic) bond motifs is 3. The van der Waals surface area contributed by atoms with Gasteiger partial charge in [-0.05, 0) is 49.0 Å². The van der Waals surface area contributed by atoms with E-state index >= 15 is 0 Å². The summed E-state index contributed by atoms with van der Waals surface area (Å²) in [5, 5.41) is 1.44. The lowest BCUT2D eigenvalue weighted by Gasteiger charge is -2.32. The molecular formula is C25H24FN5O2. The van der Waals surface area contributed by atoms with E-state index < -0.39 is 11.7 Å². The molecule has 2 amide bonds. The van der Waals surface area contributed by atoms with Crippen LogP contribution in [0, 0.1) is 5.82 Å². The number of anilines is 1. The lowest BCUT2D eigenvalue weighted by atomic mass is 9.96. The van der Waals surface area contributed by atoms with Crippen LogP contribution in [0.1, 0.15) is 20.7 Å². The molecule has 0 saturated carbocycles. The summed E-state index contributed by atoms with van der Waals surface area (Å²) in [6.45, 7) is 3.01. The molecule has 0 atom stereocenters. The number of nitrogens with two attached hydrogens (primary N) is 2. The van der Waals surface area contributed by atoms with Crippen LogP contribution in [0.2, 0.25) is 0 Å². The number of nitrogen functional groups attached to an aromatic ring is 1. The number of likely N-dealkylation sites (N-methyl/N-ethyl adjacent to an activating group) is 1. The Balaban J connectivity index is 1.68. The summed E-state index contributed by atoms with van der Waals surface area (Å²) in [6, 6.07) is 13.2. The van der Waals surface area contributed by atoms with Gasteiger partial charge in [-0.1, -0.05) is 12.1 Å². The first kappa shape index (κ1) is 21.0. The molecule has 5 rings (SSSR count). The number of nitrogens with one attached hydrogen (secondary N) is 1. The number of aromatic nitrogens is 1. The molecule has 1 aromatic heterocycles. The van der Waals surface area contributed by atoms with Crippen LogP contribution in [0.4, 0.5) is 10.1 Å². The smallest absolute Gasteiger partial charge is 0.254 e. The number of hydrogen-bond donors (Lipinski definition) is 3. The van der Waals surface area contributed by atoms with Crippen molar-refractivity contribution in [2.45, 2.75) is 0 Å². The highest BCUT2D eigenvalue weighted by atomic mass is 19.1. The van der Waals surface area contributed by atoms with Crippen LogP contribution in [0.3, 0.4) is 0 Å². The highest BCUT2D eigenvalue weighted by Crippen LogP contribution is 2.38. The van der Waals surface area contributed by atoms with Crippen LogP contribution >= 0.6 is 0 Å². The van der Waals surface area contributed by atoms with E-state index in [1.54, 1.807) is 36.4 Å². The lowest BCUT2D eigenvalue weighted by Crippen LogP contribution is -2.47. The Morgan fingerprint density at radius 3 is 2.39 bits per heavy atom. The fourth-order valence-corrected chi connectivity index (χ4v) is 4.52. The molecule has 1 saturated heterocycles. The highest BCUT2D eigenvalue weighted by molar-refractivity contribution is 6.20. The van der Waals surface area contributed by atoms with Gasteiger partial charge in [-0.2, -0.15) is 0 Å². The predicted molar refractivity (Wildman–Crippen MR) is 128 cm³/mol. The Morgan fingerprint density at radius 2 is 1.70 bits per heavy atom. The minimum Gasteiger partial charge on any atom is -0.399 e. The van der Waals surface area contributed by atoms with Gasteiger partial charge in [0.15, 0.2) is 0 Å². The number of primary amides is 1. The molecule has 1 aliphatic heterocycles. The molecule has 7 nitrogen and oxygen atoms in total. The number of carbonyl (C=O) groups excluding carboxylic acids is 2. The summed E-state index contributed by atoms with van der Waals surface area (Å²) in [5.74, 6) is -1.09. The van der Waals surface area contributed by atoms with E-state index in [-0.39, 0.29) is 5.91 Å². The third kappa shape index (κ3) is 3.58. The van der Waals surface area contributed by atoms with Gasteiger partial charge in [0, 0.05) is 59.3 Å². The number of amides is 2. The van der Waals surface area contributed by atoms with E-state index in [2.05, 4.69) is 9.88 Å². The fraction of sp³-hybridized carbons (Fsp3) is 0.200. The summed E-state index contributed by atoms with van der Waals surface area (Å²) >= 11 is 0. The second-order valence-corrected chi connectivity index (χ2v) is 8.50. The van der Waals surface area contributed by atoms with Crippen LogP contribution in [-0.2, 0) is 0 Å².